The molecule has 3 rings (SSSR count). The van der Waals surface area contributed by atoms with Crippen LogP contribution in [-0.2, 0) is 11.0 Å². The van der Waals surface area contributed by atoms with Gasteiger partial charge in [-0.3, -0.25) is 4.79 Å². The smallest absolute Gasteiger partial charge is 0.339 e. The van der Waals surface area contributed by atoms with E-state index in [2.05, 4.69) is 10.1 Å². The van der Waals surface area contributed by atoms with Crippen LogP contribution in [0.3, 0.4) is 0 Å². The summed E-state index contributed by atoms with van der Waals surface area (Å²) in [6.07, 6.45) is 0.0258. The lowest BCUT2D eigenvalue weighted by molar-refractivity contribution is -0.137. The van der Waals surface area contributed by atoms with Crippen LogP contribution in [0.4, 0.5) is 13.2 Å². The van der Waals surface area contributed by atoms with Crippen LogP contribution in [0, 0.1) is 6.92 Å². The van der Waals surface area contributed by atoms with Crippen molar-refractivity contribution in [3.8, 4) is 0 Å². The van der Waals surface area contributed by atoms with Gasteiger partial charge in [0.1, 0.15) is 0 Å². The summed E-state index contributed by atoms with van der Waals surface area (Å²) in [5.41, 5.74) is -0.165. The fourth-order valence-corrected chi connectivity index (χ4v) is 2.88. The summed E-state index contributed by atoms with van der Waals surface area (Å²) >= 11 is 0. The van der Waals surface area contributed by atoms with Crippen LogP contribution in [-0.4, -0.2) is 34.0 Å². The fourth-order valence-electron chi connectivity index (χ4n) is 2.88. The summed E-state index contributed by atoms with van der Waals surface area (Å²) in [4.78, 5) is 18.2. The third kappa shape index (κ3) is 4.30. The van der Waals surface area contributed by atoms with Crippen molar-refractivity contribution in [1.29, 1.82) is 0 Å². The monoisotopic (exact) mass is 365 g/mol. The van der Waals surface area contributed by atoms with Crippen molar-refractivity contribution in [1.82, 2.24) is 15.0 Å². The maximum absolute atomic E-state index is 12.5. The Hall–Kier alpha value is -2.64. The number of hydrogen-bond donors (Lipinski definition) is 0. The Morgan fingerprint density at radius 1 is 1.23 bits per heavy atom. The van der Waals surface area contributed by atoms with Gasteiger partial charge in [-0.1, -0.05) is 17.3 Å². The Morgan fingerprint density at radius 2 is 1.88 bits per heavy atom. The molecule has 1 amide bonds. The second kappa shape index (κ2) is 7.31. The molecule has 1 aromatic heterocycles. The molecular weight excluding hydrogens is 347 g/mol. The van der Waals surface area contributed by atoms with Crippen LogP contribution in [0.1, 0.15) is 41.6 Å². The van der Waals surface area contributed by atoms with Gasteiger partial charge in [0.2, 0.25) is 11.8 Å². The molecule has 0 bridgehead atoms. The normalized spacial score (nSPS) is 16.4. The van der Waals surface area contributed by atoms with Gasteiger partial charge in [0, 0.05) is 25.1 Å². The first-order valence-electron chi connectivity index (χ1n) is 8.27. The summed E-state index contributed by atoms with van der Waals surface area (Å²) in [6.45, 7) is 2.91. The number of aromatic nitrogens is 2. The first kappa shape index (κ1) is 18.2. The predicted octanol–water partition coefficient (Wildman–Crippen LogP) is 3.82. The zero-order valence-corrected chi connectivity index (χ0v) is 14.2. The van der Waals surface area contributed by atoms with E-state index in [0.717, 1.165) is 25.0 Å². The average Bonchev–Trinajstić information content (AvgIpc) is 3.06. The number of halogens is 3. The number of likely N-dealkylation sites (tertiary alicyclic amines) is 1. The van der Waals surface area contributed by atoms with Gasteiger partial charge in [0.05, 0.1) is 5.56 Å². The lowest BCUT2D eigenvalue weighted by atomic mass is 9.96. The van der Waals surface area contributed by atoms with Gasteiger partial charge in [0.15, 0.2) is 5.82 Å². The molecule has 1 fully saturated rings. The largest absolute Gasteiger partial charge is 0.416 e. The minimum atomic E-state index is -4.36. The second-order valence-corrected chi connectivity index (χ2v) is 6.23. The molecule has 1 aromatic carbocycles. The number of carbonyl (C=O) groups excluding carboxylic acids is 1. The highest BCUT2D eigenvalue weighted by atomic mass is 19.4. The summed E-state index contributed by atoms with van der Waals surface area (Å²) in [6, 6.07) is 4.69. The molecule has 1 aliphatic heterocycles. The summed E-state index contributed by atoms with van der Waals surface area (Å²) < 4.78 is 42.8. The third-order valence-corrected chi connectivity index (χ3v) is 4.36. The molecule has 0 saturated carbocycles. The zero-order chi connectivity index (χ0) is 18.7. The summed E-state index contributed by atoms with van der Waals surface area (Å²) in [5.74, 6) is 1.19. The number of benzene rings is 1. The highest BCUT2D eigenvalue weighted by Gasteiger charge is 2.30. The van der Waals surface area contributed by atoms with E-state index in [0.29, 0.717) is 30.4 Å². The van der Waals surface area contributed by atoms with Crippen LogP contribution in [0.25, 0.3) is 6.08 Å². The van der Waals surface area contributed by atoms with E-state index < -0.39 is 11.7 Å². The molecule has 2 heterocycles. The molecule has 2 aromatic rings. The molecular formula is C18H18F3N3O2. The maximum atomic E-state index is 12.5. The molecule has 26 heavy (non-hydrogen) atoms. The minimum absolute atomic E-state index is 0.152. The quantitative estimate of drug-likeness (QED) is 0.776. The fraction of sp³-hybridized carbons (Fsp3) is 0.389. The summed E-state index contributed by atoms with van der Waals surface area (Å²) in [7, 11) is 0. The first-order chi connectivity index (χ1) is 12.3. The number of amides is 1. The molecule has 0 unspecified atom stereocenters. The molecule has 0 spiro atoms. The van der Waals surface area contributed by atoms with Crippen molar-refractivity contribution < 1.29 is 22.5 Å². The van der Waals surface area contributed by atoms with E-state index >= 15 is 0 Å². The second-order valence-electron chi connectivity index (χ2n) is 6.23. The van der Waals surface area contributed by atoms with Gasteiger partial charge >= 0.3 is 6.18 Å². The van der Waals surface area contributed by atoms with Crippen LogP contribution >= 0.6 is 0 Å². The van der Waals surface area contributed by atoms with E-state index in [1.807, 2.05) is 0 Å². The van der Waals surface area contributed by atoms with Crippen LogP contribution in [0.5, 0.6) is 0 Å². The van der Waals surface area contributed by atoms with E-state index in [1.54, 1.807) is 11.8 Å². The maximum Gasteiger partial charge on any atom is 0.416 e. The zero-order valence-electron chi connectivity index (χ0n) is 14.2. The number of hydrogen-bond acceptors (Lipinski definition) is 4. The molecule has 138 valence electrons. The van der Waals surface area contributed by atoms with Gasteiger partial charge in [-0.15, -0.1) is 0 Å². The van der Waals surface area contributed by atoms with Crippen LogP contribution < -0.4 is 0 Å². The van der Waals surface area contributed by atoms with Crippen molar-refractivity contribution in [2.75, 3.05) is 13.1 Å². The van der Waals surface area contributed by atoms with Gasteiger partial charge in [0.25, 0.3) is 0 Å². The molecule has 1 saturated heterocycles. The number of alkyl halides is 3. The lowest BCUT2D eigenvalue weighted by Gasteiger charge is -2.29. The third-order valence-electron chi connectivity index (χ3n) is 4.36. The van der Waals surface area contributed by atoms with Crippen molar-refractivity contribution in [2.24, 2.45) is 0 Å². The van der Waals surface area contributed by atoms with Crippen molar-refractivity contribution in [3.05, 3.63) is 53.2 Å². The Morgan fingerprint density at radius 3 is 2.42 bits per heavy atom. The van der Waals surface area contributed by atoms with Gasteiger partial charge in [-0.2, -0.15) is 18.2 Å². The Bertz CT molecular complexity index is 789. The van der Waals surface area contributed by atoms with E-state index in [-0.39, 0.29) is 11.8 Å². The van der Waals surface area contributed by atoms with Gasteiger partial charge in [-0.25, -0.2) is 0 Å². The van der Waals surface area contributed by atoms with Gasteiger partial charge in [-0.05, 0) is 43.5 Å². The number of rotatable bonds is 3. The Kier molecular flexibility index (Phi) is 5.11. The first-order valence-corrected chi connectivity index (χ1v) is 8.27. The highest BCUT2D eigenvalue weighted by molar-refractivity contribution is 5.91. The minimum Gasteiger partial charge on any atom is -0.339 e. The van der Waals surface area contributed by atoms with Crippen LogP contribution in [0.2, 0.25) is 0 Å². The Labute approximate surface area is 148 Å². The van der Waals surface area contributed by atoms with Crippen molar-refractivity contribution >= 4 is 12.0 Å². The topological polar surface area (TPSA) is 59.2 Å². The Balaban J connectivity index is 1.54. The summed E-state index contributed by atoms with van der Waals surface area (Å²) in [5, 5.41) is 3.78. The SMILES string of the molecule is Cc1noc(C2CCN(C(=O)/C=C/c3ccc(C(F)(F)F)cc3)CC2)n1. The average molecular weight is 365 g/mol. The number of piperidine rings is 1. The standard InChI is InChI=1S/C18H18F3N3O2/c1-12-22-17(26-23-12)14-8-10-24(11-9-14)16(25)7-4-13-2-5-15(6-3-13)18(19,20)21/h2-7,14H,8-11H2,1H3/b7-4+. The number of carbonyl (C=O) groups is 1. The molecule has 8 heteroatoms. The number of aryl methyl sites for hydroxylation is 1. The van der Waals surface area contributed by atoms with Crippen molar-refractivity contribution in [2.45, 2.75) is 31.9 Å². The molecule has 0 atom stereocenters. The molecule has 0 aliphatic carbocycles. The molecule has 1 aliphatic rings. The lowest BCUT2D eigenvalue weighted by Crippen LogP contribution is -2.36. The van der Waals surface area contributed by atoms with E-state index in [9.17, 15) is 18.0 Å². The number of nitrogens with zero attached hydrogens (tertiary/aromatic N) is 3. The predicted molar refractivity (Wildman–Crippen MR) is 88.1 cm³/mol. The van der Waals surface area contributed by atoms with E-state index in [1.165, 1.54) is 24.3 Å². The van der Waals surface area contributed by atoms with Gasteiger partial charge < -0.3 is 9.42 Å². The van der Waals surface area contributed by atoms with E-state index in [4.69, 9.17) is 4.52 Å². The van der Waals surface area contributed by atoms with Crippen molar-refractivity contribution in [3.63, 3.8) is 0 Å². The molecule has 0 N–H and O–H groups in total. The van der Waals surface area contributed by atoms with Crippen LogP contribution in [0.15, 0.2) is 34.9 Å². The molecule has 5 nitrogen and oxygen atoms in total. The highest BCUT2D eigenvalue weighted by Crippen LogP contribution is 2.29. The molecule has 0 radical (unpaired) electrons.